The second kappa shape index (κ2) is 8.45. The zero-order valence-electron chi connectivity index (χ0n) is 14.3. The van der Waals surface area contributed by atoms with E-state index in [1.54, 1.807) is 24.5 Å². The number of pyridine rings is 2. The average molecular weight is 343 g/mol. The third-order valence-corrected chi connectivity index (χ3v) is 3.41. The van der Waals surface area contributed by atoms with Gasteiger partial charge in [-0.2, -0.15) is 0 Å². The minimum atomic E-state index is -0.233. The van der Waals surface area contributed by atoms with E-state index in [0.29, 0.717) is 29.4 Å². The molecule has 0 spiro atoms. The summed E-state index contributed by atoms with van der Waals surface area (Å²) in [6.45, 7) is 2.36. The van der Waals surface area contributed by atoms with Crippen LogP contribution in [0.25, 0.3) is 0 Å². The Morgan fingerprint density at radius 3 is 2.77 bits per heavy atom. The van der Waals surface area contributed by atoms with Gasteiger partial charge in [0.05, 0.1) is 6.61 Å². The standard InChI is InChI=1S/C21H17N3O2/c1-2-26-20-15-17(11-13-23-20)21(25)24-19-8-5-6-16(14-19)9-10-18-7-3-4-12-22-18/h3-8,11-15H,2H2,1H3,(H,24,25). The fraction of sp³-hybridized carbons (Fsp3) is 0.0952. The van der Waals surface area contributed by atoms with Crippen LogP contribution in [-0.4, -0.2) is 22.5 Å². The zero-order chi connectivity index (χ0) is 18.2. The number of anilines is 1. The SMILES string of the molecule is CCOc1cc(C(=O)Nc2cccc(C#Cc3ccccn3)c2)ccn1. The first-order chi connectivity index (χ1) is 12.7. The summed E-state index contributed by atoms with van der Waals surface area (Å²) in [5.41, 5.74) is 2.63. The van der Waals surface area contributed by atoms with Crippen molar-refractivity contribution in [3.8, 4) is 17.7 Å². The maximum absolute atomic E-state index is 12.4. The van der Waals surface area contributed by atoms with Crippen LogP contribution in [0.4, 0.5) is 5.69 Å². The van der Waals surface area contributed by atoms with Crippen molar-refractivity contribution < 1.29 is 9.53 Å². The van der Waals surface area contributed by atoms with Gasteiger partial charge < -0.3 is 10.1 Å². The number of carbonyl (C=O) groups excluding carboxylic acids is 1. The molecule has 5 nitrogen and oxygen atoms in total. The molecule has 1 N–H and O–H groups in total. The van der Waals surface area contributed by atoms with Gasteiger partial charge in [-0.25, -0.2) is 9.97 Å². The van der Waals surface area contributed by atoms with Crippen LogP contribution in [0.3, 0.4) is 0 Å². The van der Waals surface area contributed by atoms with Crippen LogP contribution in [0, 0.1) is 11.8 Å². The second-order valence-electron chi connectivity index (χ2n) is 5.32. The third-order valence-electron chi connectivity index (χ3n) is 3.41. The molecule has 1 aromatic carbocycles. The molecule has 3 rings (SSSR count). The predicted molar refractivity (Wildman–Crippen MR) is 100 cm³/mol. The largest absolute Gasteiger partial charge is 0.478 e. The molecule has 2 heterocycles. The van der Waals surface area contributed by atoms with E-state index in [4.69, 9.17) is 4.74 Å². The summed E-state index contributed by atoms with van der Waals surface area (Å²) in [7, 11) is 0. The summed E-state index contributed by atoms with van der Waals surface area (Å²) in [6.07, 6.45) is 3.25. The summed E-state index contributed by atoms with van der Waals surface area (Å²) in [4.78, 5) is 20.6. The van der Waals surface area contributed by atoms with Crippen LogP contribution in [0.15, 0.2) is 67.0 Å². The molecule has 0 saturated heterocycles. The Kier molecular flexibility index (Phi) is 5.58. The number of hydrogen-bond acceptors (Lipinski definition) is 4. The molecule has 0 unspecified atom stereocenters. The lowest BCUT2D eigenvalue weighted by Crippen LogP contribution is -2.12. The Morgan fingerprint density at radius 1 is 1.04 bits per heavy atom. The highest BCUT2D eigenvalue weighted by Gasteiger charge is 2.08. The van der Waals surface area contributed by atoms with Crippen LogP contribution >= 0.6 is 0 Å². The molecule has 0 atom stereocenters. The van der Waals surface area contributed by atoms with Gasteiger partial charge in [-0.05, 0) is 49.2 Å². The van der Waals surface area contributed by atoms with Crippen LogP contribution < -0.4 is 10.1 Å². The first kappa shape index (κ1) is 17.2. The minimum Gasteiger partial charge on any atom is -0.478 e. The number of carbonyl (C=O) groups is 1. The van der Waals surface area contributed by atoms with Crippen molar-refractivity contribution in [2.75, 3.05) is 11.9 Å². The molecule has 128 valence electrons. The molecule has 0 fully saturated rings. The molecule has 2 aromatic heterocycles. The fourth-order valence-electron chi connectivity index (χ4n) is 2.23. The maximum Gasteiger partial charge on any atom is 0.255 e. The monoisotopic (exact) mass is 343 g/mol. The number of aromatic nitrogens is 2. The van der Waals surface area contributed by atoms with Crippen molar-refractivity contribution in [3.05, 3.63) is 83.8 Å². The molecule has 5 heteroatoms. The second-order valence-corrected chi connectivity index (χ2v) is 5.32. The van der Waals surface area contributed by atoms with Gasteiger partial charge in [0.2, 0.25) is 5.88 Å². The topological polar surface area (TPSA) is 64.1 Å². The van der Waals surface area contributed by atoms with Gasteiger partial charge in [-0.3, -0.25) is 4.79 Å². The van der Waals surface area contributed by atoms with Crippen molar-refractivity contribution >= 4 is 11.6 Å². The van der Waals surface area contributed by atoms with Crippen molar-refractivity contribution in [1.29, 1.82) is 0 Å². The van der Waals surface area contributed by atoms with E-state index >= 15 is 0 Å². The molecule has 3 aromatic rings. The first-order valence-corrected chi connectivity index (χ1v) is 8.18. The van der Waals surface area contributed by atoms with Gasteiger partial charge in [-0.1, -0.05) is 18.1 Å². The number of rotatable bonds is 4. The molecule has 0 radical (unpaired) electrons. The van der Waals surface area contributed by atoms with Crippen LogP contribution in [0.5, 0.6) is 5.88 Å². The lowest BCUT2D eigenvalue weighted by atomic mass is 10.2. The Balaban J connectivity index is 1.73. The molecule has 0 bridgehead atoms. The molecule has 26 heavy (non-hydrogen) atoms. The van der Waals surface area contributed by atoms with Gasteiger partial charge in [0.25, 0.3) is 5.91 Å². The van der Waals surface area contributed by atoms with Crippen molar-refractivity contribution in [1.82, 2.24) is 9.97 Å². The number of benzene rings is 1. The summed E-state index contributed by atoms with van der Waals surface area (Å²) < 4.78 is 5.32. The average Bonchev–Trinajstić information content (AvgIpc) is 2.68. The summed E-state index contributed by atoms with van der Waals surface area (Å²) in [5, 5.41) is 2.86. The molecular weight excluding hydrogens is 326 g/mol. The van der Waals surface area contributed by atoms with Crippen molar-refractivity contribution in [2.24, 2.45) is 0 Å². The lowest BCUT2D eigenvalue weighted by Gasteiger charge is -2.07. The molecule has 1 amide bonds. The Labute approximate surface area is 152 Å². The fourth-order valence-corrected chi connectivity index (χ4v) is 2.23. The summed E-state index contributed by atoms with van der Waals surface area (Å²) in [6, 6.07) is 16.2. The minimum absolute atomic E-state index is 0.233. The number of nitrogens with one attached hydrogen (secondary N) is 1. The molecule has 0 aliphatic carbocycles. The highest BCUT2D eigenvalue weighted by Crippen LogP contribution is 2.14. The lowest BCUT2D eigenvalue weighted by molar-refractivity contribution is 0.102. The highest BCUT2D eigenvalue weighted by atomic mass is 16.5. The predicted octanol–water partition coefficient (Wildman–Crippen LogP) is 3.53. The Bertz CT molecular complexity index is 959. The third kappa shape index (κ3) is 4.68. The van der Waals surface area contributed by atoms with Gasteiger partial charge in [0, 0.05) is 35.3 Å². The van der Waals surface area contributed by atoms with Gasteiger partial charge in [-0.15, -0.1) is 0 Å². The smallest absolute Gasteiger partial charge is 0.255 e. The molecular formula is C21H17N3O2. The molecule has 0 saturated carbocycles. The first-order valence-electron chi connectivity index (χ1n) is 8.18. The van der Waals surface area contributed by atoms with Crippen molar-refractivity contribution in [2.45, 2.75) is 6.92 Å². The van der Waals surface area contributed by atoms with E-state index in [-0.39, 0.29) is 5.91 Å². The van der Waals surface area contributed by atoms with Crippen LogP contribution in [0.2, 0.25) is 0 Å². The van der Waals surface area contributed by atoms with E-state index in [2.05, 4.69) is 27.1 Å². The van der Waals surface area contributed by atoms with Crippen LogP contribution in [-0.2, 0) is 0 Å². The normalized spacial score (nSPS) is 9.73. The van der Waals surface area contributed by atoms with E-state index in [9.17, 15) is 4.79 Å². The summed E-state index contributed by atoms with van der Waals surface area (Å²) in [5.74, 6) is 6.24. The van der Waals surface area contributed by atoms with E-state index in [0.717, 1.165) is 5.56 Å². The van der Waals surface area contributed by atoms with Gasteiger partial charge in [0.15, 0.2) is 0 Å². The van der Waals surface area contributed by atoms with E-state index < -0.39 is 0 Å². The number of amides is 1. The van der Waals surface area contributed by atoms with Gasteiger partial charge >= 0.3 is 0 Å². The van der Waals surface area contributed by atoms with Crippen molar-refractivity contribution in [3.63, 3.8) is 0 Å². The van der Waals surface area contributed by atoms with E-state index in [1.807, 2.05) is 49.4 Å². The maximum atomic E-state index is 12.4. The summed E-state index contributed by atoms with van der Waals surface area (Å²) >= 11 is 0. The Hall–Kier alpha value is -3.65. The Morgan fingerprint density at radius 2 is 1.96 bits per heavy atom. The number of hydrogen-bond donors (Lipinski definition) is 1. The number of nitrogens with zero attached hydrogens (tertiary/aromatic N) is 2. The number of ether oxygens (including phenoxy) is 1. The zero-order valence-corrected chi connectivity index (χ0v) is 14.3. The molecule has 0 aliphatic rings. The quantitative estimate of drug-likeness (QED) is 0.736. The molecule has 0 aliphatic heterocycles. The van der Waals surface area contributed by atoms with Gasteiger partial charge in [0.1, 0.15) is 5.69 Å². The van der Waals surface area contributed by atoms with Crippen LogP contribution in [0.1, 0.15) is 28.5 Å². The van der Waals surface area contributed by atoms with E-state index in [1.165, 1.54) is 0 Å². The highest BCUT2D eigenvalue weighted by molar-refractivity contribution is 6.04.